The second-order valence-corrected chi connectivity index (χ2v) is 7.17. The SMILES string of the molecule is Cc1nc(-c2ccccc2)sc1C(=O)OCC(=O)NC(C)(C)C. The average Bonchev–Trinajstić information content (AvgIpc) is 2.86. The first-order valence-corrected chi connectivity index (χ1v) is 8.09. The van der Waals surface area contributed by atoms with E-state index in [4.69, 9.17) is 4.74 Å². The number of ether oxygens (including phenoxy) is 1. The first-order valence-electron chi connectivity index (χ1n) is 7.27. The summed E-state index contributed by atoms with van der Waals surface area (Å²) < 4.78 is 5.09. The molecule has 0 atom stereocenters. The number of esters is 1. The van der Waals surface area contributed by atoms with E-state index < -0.39 is 5.97 Å². The Bertz CT molecular complexity index is 702. The zero-order valence-corrected chi connectivity index (χ0v) is 14.5. The van der Waals surface area contributed by atoms with Gasteiger partial charge < -0.3 is 10.1 Å². The number of aryl methyl sites for hydroxylation is 1. The van der Waals surface area contributed by atoms with Gasteiger partial charge in [0.25, 0.3) is 5.91 Å². The van der Waals surface area contributed by atoms with Crippen molar-refractivity contribution < 1.29 is 14.3 Å². The lowest BCUT2D eigenvalue weighted by molar-refractivity contribution is -0.125. The highest BCUT2D eigenvalue weighted by Crippen LogP contribution is 2.28. The van der Waals surface area contributed by atoms with Gasteiger partial charge >= 0.3 is 5.97 Å². The molecule has 0 aliphatic carbocycles. The molecule has 23 heavy (non-hydrogen) atoms. The quantitative estimate of drug-likeness (QED) is 0.873. The highest BCUT2D eigenvalue weighted by Gasteiger charge is 2.20. The highest BCUT2D eigenvalue weighted by molar-refractivity contribution is 7.17. The molecule has 2 aromatic rings. The fraction of sp³-hybridized carbons (Fsp3) is 0.353. The predicted molar refractivity (Wildman–Crippen MR) is 90.5 cm³/mol. The molecule has 0 aliphatic heterocycles. The van der Waals surface area contributed by atoms with Gasteiger partial charge in [-0.1, -0.05) is 30.3 Å². The Kier molecular flexibility index (Phi) is 5.15. The zero-order chi connectivity index (χ0) is 17.0. The van der Waals surface area contributed by atoms with Crippen molar-refractivity contribution in [2.75, 3.05) is 6.61 Å². The Morgan fingerprint density at radius 3 is 2.48 bits per heavy atom. The van der Waals surface area contributed by atoms with Crippen molar-refractivity contribution in [1.29, 1.82) is 0 Å². The molecular weight excluding hydrogens is 312 g/mol. The van der Waals surface area contributed by atoms with Crippen molar-refractivity contribution >= 4 is 23.2 Å². The van der Waals surface area contributed by atoms with Crippen LogP contribution >= 0.6 is 11.3 Å². The molecule has 0 aliphatic rings. The molecule has 0 fully saturated rings. The van der Waals surface area contributed by atoms with Crippen LogP contribution in [0.25, 0.3) is 10.6 Å². The van der Waals surface area contributed by atoms with Gasteiger partial charge in [0, 0.05) is 11.1 Å². The molecule has 1 heterocycles. The standard InChI is InChI=1S/C17H20N2O3S/c1-11-14(16(21)22-10-13(20)19-17(2,3)4)23-15(18-11)12-8-6-5-7-9-12/h5-9H,10H2,1-4H3,(H,19,20). The lowest BCUT2D eigenvalue weighted by Crippen LogP contribution is -2.42. The Morgan fingerprint density at radius 2 is 1.87 bits per heavy atom. The number of aromatic nitrogens is 1. The monoisotopic (exact) mass is 332 g/mol. The van der Waals surface area contributed by atoms with Crippen molar-refractivity contribution in [2.45, 2.75) is 33.2 Å². The van der Waals surface area contributed by atoms with Gasteiger partial charge in [0.15, 0.2) is 6.61 Å². The van der Waals surface area contributed by atoms with E-state index in [2.05, 4.69) is 10.3 Å². The van der Waals surface area contributed by atoms with E-state index in [1.165, 1.54) is 11.3 Å². The number of nitrogens with one attached hydrogen (secondary N) is 1. The summed E-state index contributed by atoms with van der Waals surface area (Å²) in [6, 6.07) is 9.63. The molecule has 1 aromatic carbocycles. The molecule has 2 rings (SSSR count). The molecule has 0 spiro atoms. The van der Waals surface area contributed by atoms with Crippen molar-refractivity contribution in [3.05, 3.63) is 40.9 Å². The van der Waals surface area contributed by atoms with Crippen molar-refractivity contribution in [2.24, 2.45) is 0 Å². The number of carbonyl (C=O) groups is 2. The smallest absolute Gasteiger partial charge is 0.350 e. The number of hydrogen-bond acceptors (Lipinski definition) is 5. The molecule has 1 N–H and O–H groups in total. The average molecular weight is 332 g/mol. The number of thiazole rings is 1. The molecule has 1 aromatic heterocycles. The number of benzene rings is 1. The van der Waals surface area contributed by atoms with Crippen LogP contribution in [0.2, 0.25) is 0 Å². The fourth-order valence-corrected chi connectivity index (χ4v) is 2.91. The summed E-state index contributed by atoms with van der Waals surface area (Å²) in [5.41, 5.74) is 1.20. The second-order valence-electron chi connectivity index (χ2n) is 6.17. The molecule has 0 saturated heterocycles. The van der Waals surface area contributed by atoms with Crippen LogP contribution in [0.5, 0.6) is 0 Å². The summed E-state index contributed by atoms with van der Waals surface area (Å²) in [7, 11) is 0. The van der Waals surface area contributed by atoms with E-state index in [0.717, 1.165) is 10.6 Å². The van der Waals surface area contributed by atoms with Crippen LogP contribution in [0, 0.1) is 6.92 Å². The predicted octanol–water partition coefficient (Wildman–Crippen LogP) is 3.19. The summed E-state index contributed by atoms with van der Waals surface area (Å²) in [5.74, 6) is -0.845. The van der Waals surface area contributed by atoms with Crippen LogP contribution in [0.4, 0.5) is 0 Å². The fourth-order valence-electron chi connectivity index (χ4n) is 1.94. The van der Waals surface area contributed by atoms with Gasteiger partial charge in [-0.15, -0.1) is 11.3 Å². The highest BCUT2D eigenvalue weighted by atomic mass is 32.1. The largest absolute Gasteiger partial charge is 0.451 e. The maximum Gasteiger partial charge on any atom is 0.350 e. The van der Waals surface area contributed by atoms with Crippen molar-refractivity contribution in [1.82, 2.24) is 10.3 Å². The summed E-state index contributed by atoms with van der Waals surface area (Å²) in [6.45, 7) is 7.06. The van der Waals surface area contributed by atoms with Gasteiger partial charge in [-0.25, -0.2) is 9.78 Å². The number of carbonyl (C=O) groups excluding carboxylic acids is 2. The zero-order valence-electron chi connectivity index (χ0n) is 13.7. The Balaban J connectivity index is 2.03. The van der Waals surface area contributed by atoms with Gasteiger partial charge in [-0.05, 0) is 27.7 Å². The van der Waals surface area contributed by atoms with Crippen LogP contribution in [0.1, 0.15) is 36.1 Å². The minimum Gasteiger partial charge on any atom is -0.451 e. The first kappa shape index (κ1) is 17.1. The molecule has 0 unspecified atom stereocenters. The molecule has 1 amide bonds. The van der Waals surface area contributed by atoms with Crippen LogP contribution in [-0.2, 0) is 9.53 Å². The lowest BCUT2D eigenvalue weighted by Gasteiger charge is -2.20. The van der Waals surface area contributed by atoms with Gasteiger partial charge in [0.2, 0.25) is 0 Å². The molecule has 122 valence electrons. The number of hydrogen-bond donors (Lipinski definition) is 1. The van der Waals surface area contributed by atoms with Crippen LogP contribution in [-0.4, -0.2) is 29.0 Å². The summed E-state index contributed by atoms with van der Waals surface area (Å²) >= 11 is 1.27. The normalized spacial score (nSPS) is 11.1. The van der Waals surface area contributed by atoms with Crippen LogP contribution in [0.3, 0.4) is 0 Å². The minimum atomic E-state index is -0.522. The Hall–Kier alpha value is -2.21. The summed E-state index contributed by atoms with van der Waals surface area (Å²) in [5, 5.41) is 3.50. The summed E-state index contributed by atoms with van der Waals surface area (Å²) in [6.07, 6.45) is 0. The third-order valence-electron chi connectivity index (χ3n) is 2.85. The number of amides is 1. The molecule has 5 nitrogen and oxygen atoms in total. The lowest BCUT2D eigenvalue weighted by atomic mass is 10.1. The number of rotatable bonds is 4. The van der Waals surface area contributed by atoms with E-state index >= 15 is 0 Å². The minimum absolute atomic E-state index is 0.298. The maximum atomic E-state index is 12.1. The third-order valence-corrected chi connectivity index (χ3v) is 4.04. The Labute approximate surface area is 139 Å². The van der Waals surface area contributed by atoms with Crippen molar-refractivity contribution in [3.8, 4) is 10.6 Å². The first-order chi connectivity index (χ1) is 10.8. The second kappa shape index (κ2) is 6.91. The van der Waals surface area contributed by atoms with E-state index in [1.807, 2.05) is 51.1 Å². The van der Waals surface area contributed by atoms with Gasteiger partial charge in [-0.2, -0.15) is 0 Å². The molecule has 0 bridgehead atoms. The van der Waals surface area contributed by atoms with Gasteiger partial charge in [0.1, 0.15) is 9.88 Å². The molecular formula is C17H20N2O3S. The van der Waals surface area contributed by atoms with Crippen molar-refractivity contribution in [3.63, 3.8) is 0 Å². The molecule has 0 radical (unpaired) electrons. The molecule has 6 heteroatoms. The van der Waals surface area contributed by atoms with Crippen LogP contribution in [0.15, 0.2) is 30.3 Å². The van der Waals surface area contributed by atoms with E-state index in [1.54, 1.807) is 6.92 Å². The van der Waals surface area contributed by atoms with E-state index in [-0.39, 0.29) is 18.1 Å². The number of nitrogens with zero attached hydrogens (tertiary/aromatic N) is 1. The maximum absolute atomic E-state index is 12.1. The molecule has 0 saturated carbocycles. The Morgan fingerprint density at radius 1 is 1.22 bits per heavy atom. The van der Waals surface area contributed by atoms with Gasteiger partial charge in [0.05, 0.1) is 5.69 Å². The van der Waals surface area contributed by atoms with Crippen LogP contribution < -0.4 is 5.32 Å². The van der Waals surface area contributed by atoms with Gasteiger partial charge in [-0.3, -0.25) is 4.79 Å². The third kappa shape index (κ3) is 4.89. The van der Waals surface area contributed by atoms with E-state index in [9.17, 15) is 9.59 Å². The summed E-state index contributed by atoms with van der Waals surface area (Å²) in [4.78, 5) is 28.7. The van der Waals surface area contributed by atoms with E-state index in [0.29, 0.717) is 10.6 Å². The topological polar surface area (TPSA) is 68.3 Å².